The van der Waals surface area contributed by atoms with Crippen molar-refractivity contribution in [2.75, 3.05) is 6.61 Å². The van der Waals surface area contributed by atoms with Gasteiger partial charge in [0.25, 0.3) is 11.5 Å². The summed E-state index contributed by atoms with van der Waals surface area (Å²) in [7, 11) is 0. The number of amides is 1. The molecule has 0 radical (unpaired) electrons. The molecular formula is C26H29N3O5. The molecule has 1 aliphatic heterocycles. The molecule has 0 spiro atoms. The van der Waals surface area contributed by atoms with E-state index in [9.17, 15) is 14.4 Å². The van der Waals surface area contributed by atoms with Crippen LogP contribution >= 0.6 is 0 Å². The molecule has 2 aromatic carbocycles. The van der Waals surface area contributed by atoms with Gasteiger partial charge in [0.2, 0.25) is 0 Å². The topological polar surface area (TPSA) is 102 Å². The molecule has 0 saturated carbocycles. The highest BCUT2D eigenvalue weighted by atomic mass is 16.5. The average molecular weight is 464 g/mol. The number of aromatic nitrogens is 2. The summed E-state index contributed by atoms with van der Waals surface area (Å²) in [4.78, 5) is 46.5. The maximum absolute atomic E-state index is 12.6. The number of rotatable bonds is 6. The number of benzene rings is 2. The second-order valence-corrected chi connectivity index (χ2v) is 8.76. The highest BCUT2D eigenvalue weighted by Gasteiger charge is 2.29. The van der Waals surface area contributed by atoms with Crippen LogP contribution in [0.2, 0.25) is 0 Å². The first-order valence-electron chi connectivity index (χ1n) is 11.6. The van der Waals surface area contributed by atoms with Crippen molar-refractivity contribution in [2.24, 2.45) is 0 Å². The molecule has 1 amide bonds. The van der Waals surface area contributed by atoms with Crippen LogP contribution in [-0.2, 0) is 9.53 Å². The summed E-state index contributed by atoms with van der Waals surface area (Å²) in [6, 6.07) is 13.8. The number of ether oxygens (including phenoxy) is 2. The largest absolute Gasteiger partial charge is 0.484 e. The number of nitrogens with zero attached hydrogens (tertiary/aromatic N) is 2. The molecule has 1 aromatic heterocycles. The summed E-state index contributed by atoms with van der Waals surface area (Å²) in [6.07, 6.45) is 2.41. The van der Waals surface area contributed by atoms with Crippen molar-refractivity contribution in [3.05, 3.63) is 70.3 Å². The Balaban J connectivity index is 1.36. The number of esters is 1. The lowest BCUT2D eigenvalue weighted by atomic mass is 9.97. The molecule has 178 valence electrons. The van der Waals surface area contributed by atoms with Gasteiger partial charge >= 0.3 is 5.97 Å². The number of para-hydroxylation sites is 1. The molecule has 4 rings (SSSR count). The normalized spacial score (nSPS) is 19.0. The quantitative estimate of drug-likeness (QED) is 0.554. The average Bonchev–Trinajstić information content (AvgIpc) is 2.83. The Morgan fingerprint density at radius 3 is 2.47 bits per heavy atom. The first-order chi connectivity index (χ1) is 16.3. The Labute approximate surface area is 197 Å². The molecule has 1 aliphatic rings. The number of H-pyrrole nitrogens is 1. The predicted octanol–water partition coefficient (Wildman–Crippen LogP) is 4.01. The Morgan fingerprint density at radius 2 is 1.76 bits per heavy atom. The van der Waals surface area contributed by atoms with Crippen LogP contribution in [0.25, 0.3) is 10.9 Å². The lowest BCUT2D eigenvalue weighted by molar-refractivity contribution is -0.139. The van der Waals surface area contributed by atoms with Crippen molar-refractivity contribution < 1.29 is 19.1 Å². The van der Waals surface area contributed by atoms with Crippen LogP contribution in [0.4, 0.5) is 0 Å². The number of fused-ring (bicyclic) bond motifs is 1. The maximum atomic E-state index is 12.6. The fourth-order valence-corrected chi connectivity index (χ4v) is 4.40. The van der Waals surface area contributed by atoms with E-state index in [1.54, 1.807) is 55.5 Å². The highest BCUT2D eigenvalue weighted by molar-refractivity contribution is 5.89. The van der Waals surface area contributed by atoms with Crippen LogP contribution in [-0.4, -0.2) is 45.4 Å². The van der Waals surface area contributed by atoms with Gasteiger partial charge in [-0.3, -0.25) is 9.59 Å². The van der Waals surface area contributed by atoms with Gasteiger partial charge in [-0.05, 0) is 76.4 Å². The number of likely N-dealkylation sites (tertiary alicyclic amines) is 1. The first-order valence-corrected chi connectivity index (χ1v) is 11.6. The van der Waals surface area contributed by atoms with Crippen LogP contribution < -0.4 is 10.3 Å². The van der Waals surface area contributed by atoms with E-state index in [0.29, 0.717) is 22.2 Å². The van der Waals surface area contributed by atoms with Crippen molar-refractivity contribution >= 4 is 22.8 Å². The van der Waals surface area contributed by atoms with Crippen LogP contribution in [0, 0.1) is 0 Å². The molecule has 3 atom stereocenters. The molecule has 0 aliphatic carbocycles. The second kappa shape index (κ2) is 10.1. The number of carbonyl (C=O) groups excluding carboxylic acids is 2. The number of aromatic amines is 1. The van der Waals surface area contributed by atoms with Crippen molar-refractivity contribution in [1.82, 2.24) is 14.9 Å². The van der Waals surface area contributed by atoms with Gasteiger partial charge in [0.15, 0.2) is 18.5 Å². The van der Waals surface area contributed by atoms with Crippen molar-refractivity contribution in [3.8, 4) is 5.75 Å². The van der Waals surface area contributed by atoms with Crippen LogP contribution in [0.15, 0.2) is 53.3 Å². The molecule has 0 bridgehead atoms. The zero-order valence-corrected chi connectivity index (χ0v) is 19.6. The predicted molar refractivity (Wildman–Crippen MR) is 128 cm³/mol. The Hall–Kier alpha value is -3.68. The zero-order chi connectivity index (χ0) is 24.2. The van der Waals surface area contributed by atoms with Gasteiger partial charge in [0.1, 0.15) is 5.75 Å². The maximum Gasteiger partial charge on any atom is 0.338 e. The number of nitrogens with one attached hydrogen (secondary N) is 1. The van der Waals surface area contributed by atoms with Crippen LogP contribution in [0.3, 0.4) is 0 Å². The standard InChI is InChI=1S/C26H29N3O5/c1-16-7-6-8-17(2)29(16)23(30)15-33-20-13-11-19(12-14-20)26(32)34-18(3)24-27-22-10-5-4-9-21(22)25(31)28-24/h4-5,9-14,16-18H,6-8,15H2,1-3H3,(H,27,28,31)/t16-,17+,18-/m0/s1. The number of hydrogen-bond acceptors (Lipinski definition) is 6. The van der Waals surface area contributed by atoms with E-state index in [1.807, 2.05) is 4.90 Å². The van der Waals surface area contributed by atoms with Crippen LogP contribution in [0.1, 0.15) is 62.3 Å². The summed E-state index contributed by atoms with van der Waals surface area (Å²) >= 11 is 0. The third-order valence-electron chi connectivity index (χ3n) is 6.23. The fraction of sp³-hybridized carbons (Fsp3) is 0.385. The molecule has 1 N–H and O–H groups in total. The van der Waals surface area contributed by atoms with Gasteiger partial charge in [-0.1, -0.05) is 12.1 Å². The zero-order valence-electron chi connectivity index (χ0n) is 19.6. The summed E-state index contributed by atoms with van der Waals surface area (Å²) in [5.74, 6) is 0.184. The van der Waals surface area contributed by atoms with Crippen molar-refractivity contribution in [1.29, 1.82) is 0 Å². The number of piperidine rings is 1. The van der Waals surface area contributed by atoms with E-state index in [0.717, 1.165) is 19.3 Å². The van der Waals surface area contributed by atoms with Gasteiger partial charge in [0, 0.05) is 12.1 Å². The highest BCUT2D eigenvalue weighted by Crippen LogP contribution is 2.23. The summed E-state index contributed by atoms with van der Waals surface area (Å²) < 4.78 is 11.2. The minimum absolute atomic E-state index is 0.0334. The smallest absolute Gasteiger partial charge is 0.338 e. The SMILES string of the molecule is C[C@H](OC(=O)c1ccc(OCC(=O)N2[C@H](C)CCC[C@@H]2C)cc1)c1nc2ccccc2c(=O)[nH]1. The van der Waals surface area contributed by atoms with E-state index in [-0.39, 0.29) is 36.0 Å². The molecule has 1 saturated heterocycles. The molecular weight excluding hydrogens is 434 g/mol. The summed E-state index contributed by atoms with van der Waals surface area (Å²) in [5, 5.41) is 0.475. The van der Waals surface area contributed by atoms with E-state index >= 15 is 0 Å². The summed E-state index contributed by atoms with van der Waals surface area (Å²) in [5.41, 5.74) is 0.577. The van der Waals surface area contributed by atoms with Gasteiger partial charge in [0.05, 0.1) is 16.5 Å². The molecule has 34 heavy (non-hydrogen) atoms. The van der Waals surface area contributed by atoms with E-state index in [4.69, 9.17) is 9.47 Å². The lowest BCUT2D eigenvalue weighted by Crippen LogP contribution is -2.49. The Bertz CT molecular complexity index is 1230. The van der Waals surface area contributed by atoms with Gasteiger partial charge in [-0.25, -0.2) is 9.78 Å². The van der Waals surface area contributed by atoms with E-state index in [2.05, 4.69) is 23.8 Å². The van der Waals surface area contributed by atoms with E-state index < -0.39 is 12.1 Å². The Morgan fingerprint density at radius 1 is 1.09 bits per heavy atom. The third kappa shape index (κ3) is 5.11. The van der Waals surface area contributed by atoms with Gasteiger partial charge in [-0.2, -0.15) is 0 Å². The molecule has 0 unspecified atom stereocenters. The number of carbonyl (C=O) groups is 2. The van der Waals surface area contributed by atoms with Crippen molar-refractivity contribution in [3.63, 3.8) is 0 Å². The van der Waals surface area contributed by atoms with Gasteiger partial charge in [-0.15, -0.1) is 0 Å². The number of hydrogen-bond donors (Lipinski definition) is 1. The van der Waals surface area contributed by atoms with Crippen LogP contribution in [0.5, 0.6) is 5.75 Å². The summed E-state index contributed by atoms with van der Waals surface area (Å²) in [6.45, 7) is 5.74. The fourth-order valence-electron chi connectivity index (χ4n) is 4.40. The lowest BCUT2D eigenvalue weighted by Gasteiger charge is -2.38. The van der Waals surface area contributed by atoms with Gasteiger partial charge < -0.3 is 19.4 Å². The molecule has 8 heteroatoms. The Kier molecular flexibility index (Phi) is 6.95. The first kappa shape index (κ1) is 23.5. The molecule has 2 heterocycles. The van der Waals surface area contributed by atoms with Crippen molar-refractivity contribution in [2.45, 2.75) is 58.2 Å². The second-order valence-electron chi connectivity index (χ2n) is 8.76. The minimum atomic E-state index is -0.744. The monoisotopic (exact) mass is 463 g/mol. The molecule has 8 nitrogen and oxygen atoms in total. The van der Waals surface area contributed by atoms with E-state index in [1.165, 1.54) is 0 Å². The third-order valence-corrected chi connectivity index (χ3v) is 6.23. The molecule has 3 aromatic rings. The minimum Gasteiger partial charge on any atom is -0.484 e. The molecule has 1 fully saturated rings.